The molecule has 0 radical (unpaired) electrons. The molecule has 1 unspecified atom stereocenters. The first-order valence-corrected chi connectivity index (χ1v) is 6.91. The van der Waals surface area contributed by atoms with Crippen molar-refractivity contribution in [2.45, 2.75) is 13.0 Å². The van der Waals surface area contributed by atoms with E-state index in [4.69, 9.17) is 4.74 Å². The maximum absolute atomic E-state index is 13.1. The van der Waals surface area contributed by atoms with E-state index in [9.17, 15) is 14.0 Å². The molecule has 1 amide bonds. The molecular weight excluding hydrogens is 301 g/mol. The third-order valence-electron chi connectivity index (χ3n) is 3.05. The highest BCUT2D eigenvalue weighted by atomic mass is 19.1. The van der Waals surface area contributed by atoms with Gasteiger partial charge in [0.15, 0.2) is 6.10 Å². The Labute approximate surface area is 133 Å². The Bertz CT molecular complexity index is 700. The summed E-state index contributed by atoms with van der Waals surface area (Å²) in [6.45, 7) is 1.57. The second-order valence-electron chi connectivity index (χ2n) is 4.78. The second kappa shape index (κ2) is 7.40. The number of nitrogens with one attached hydrogen (secondary N) is 1. The SMILES string of the molecule is COC(=O)c1ccc(OC(C)C(=O)Nc2cccc(F)c2)cc1. The molecule has 0 aliphatic rings. The first kappa shape index (κ1) is 16.5. The molecule has 2 aromatic rings. The van der Waals surface area contributed by atoms with Crippen LogP contribution >= 0.6 is 0 Å². The van der Waals surface area contributed by atoms with Crippen molar-refractivity contribution in [2.75, 3.05) is 12.4 Å². The topological polar surface area (TPSA) is 64.6 Å². The highest BCUT2D eigenvalue weighted by molar-refractivity contribution is 5.94. The number of amides is 1. The van der Waals surface area contributed by atoms with E-state index < -0.39 is 23.8 Å². The van der Waals surface area contributed by atoms with Crippen molar-refractivity contribution < 1.29 is 23.5 Å². The summed E-state index contributed by atoms with van der Waals surface area (Å²) in [5.74, 6) is -0.865. The summed E-state index contributed by atoms with van der Waals surface area (Å²) in [4.78, 5) is 23.3. The highest BCUT2D eigenvalue weighted by Gasteiger charge is 2.15. The van der Waals surface area contributed by atoms with Gasteiger partial charge >= 0.3 is 5.97 Å². The predicted molar refractivity (Wildman–Crippen MR) is 82.9 cm³/mol. The molecule has 0 bridgehead atoms. The Hall–Kier alpha value is -2.89. The van der Waals surface area contributed by atoms with Gasteiger partial charge in [0.1, 0.15) is 11.6 Å². The van der Waals surface area contributed by atoms with Crippen LogP contribution in [-0.4, -0.2) is 25.1 Å². The van der Waals surface area contributed by atoms with Crippen molar-refractivity contribution in [3.8, 4) is 5.75 Å². The lowest BCUT2D eigenvalue weighted by molar-refractivity contribution is -0.122. The molecular formula is C17H16FNO4. The third-order valence-corrected chi connectivity index (χ3v) is 3.05. The largest absolute Gasteiger partial charge is 0.481 e. The van der Waals surface area contributed by atoms with Crippen LogP contribution in [0, 0.1) is 5.82 Å². The third kappa shape index (κ3) is 4.54. The summed E-state index contributed by atoms with van der Waals surface area (Å²) >= 11 is 0. The highest BCUT2D eigenvalue weighted by Crippen LogP contribution is 2.16. The van der Waals surface area contributed by atoms with E-state index in [2.05, 4.69) is 10.1 Å². The normalized spacial score (nSPS) is 11.4. The summed E-state index contributed by atoms with van der Waals surface area (Å²) < 4.78 is 23.2. The number of rotatable bonds is 5. The van der Waals surface area contributed by atoms with Crippen LogP contribution in [0.15, 0.2) is 48.5 Å². The van der Waals surface area contributed by atoms with Crippen LogP contribution in [0.25, 0.3) is 0 Å². The van der Waals surface area contributed by atoms with Gasteiger partial charge in [0.2, 0.25) is 0 Å². The summed E-state index contributed by atoms with van der Waals surface area (Å²) in [7, 11) is 1.30. The number of hydrogen-bond donors (Lipinski definition) is 1. The van der Waals surface area contributed by atoms with Crippen LogP contribution in [0.5, 0.6) is 5.75 Å². The van der Waals surface area contributed by atoms with Crippen LogP contribution in [0.4, 0.5) is 10.1 Å². The Morgan fingerprint density at radius 3 is 2.43 bits per heavy atom. The monoisotopic (exact) mass is 317 g/mol. The van der Waals surface area contributed by atoms with Gasteiger partial charge in [-0.2, -0.15) is 0 Å². The van der Waals surface area contributed by atoms with E-state index in [0.717, 1.165) is 0 Å². The molecule has 0 heterocycles. The number of esters is 1. The Kier molecular flexibility index (Phi) is 5.30. The van der Waals surface area contributed by atoms with E-state index >= 15 is 0 Å². The number of anilines is 1. The van der Waals surface area contributed by atoms with Gasteiger partial charge in [-0.3, -0.25) is 4.79 Å². The summed E-state index contributed by atoms with van der Waals surface area (Å²) in [6, 6.07) is 11.8. The number of halogens is 1. The van der Waals surface area contributed by atoms with Crippen molar-refractivity contribution in [2.24, 2.45) is 0 Å². The summed E-state index contributed by atoms with van der Waals surface area (Å²) in [5.41, 5.74) is 0.739. The number of hydrogen-bond acceptors (Lipinski definition) is 4. The number of benzene rings is 2. The fourth-order valence-corrected chi connectivity index (χ4v) is 1.86. The van der Waals surface area contributed by atoms with E-state index in [1.807, 2.05) is 0 Å². The Balaban J connectivity index is 1.96. The first-order chi connectivity index (χ1) is 11.0. The molecule has 120 valence electrons. The molecule has 1 N–H and O–H groups in total. The van der Waals surface area contributed by atoms with Gasteiger partial charge in [-0.25, -0.2) is 9.18 Å². The standard InChI is InChI=1S/C17H16FNO4/c1-11(16(20)19-14-5-3-4-13(18)10-14)23-15-8-6-12(7-9-15)17(21)22-2/h3-11H,1-2H3,(H,19,20). The number of carbonyl (C=O) groups is 2. The molecule has 0 spiro atoms. The zero-order valence-corrected chi connectivity index (χ0v) is 12.7. The van der Waals surface area contributed by atoms with Gasteiger partial charge < -0.3 is 14.8 Å². The van der Waals surface area contributed by atoms with Crippen molar-refractivity contribution >= 4 is 17.6 Å². The minimum Gasteiger partial charge on any atom is -0.481 e. The van der Waals surface area contributed by atoms with Crippen LogP contribution in [0.2, 0.25) is 0 Å². The molecule has 23 heavy (non-hydrogen) atoms. The van der Waals surface area contributed by atoms with Gasteiger partial charge in [-0.1, -0.05) is 6.07 Å². The van der Waals surface area contributed by atoms with Crippen molar-refractivity contribution in [3.63, 3.8) is 0 Å². The fourth-order valence-electron chi connectivity index (χ4n) is 1.86. The average molecular weight is 317 g/mol. The smallest absolute Gasteiger partial charge is 0.337 e. The predicted octanol–water partition coefficient (Wildman–Crippen LogP) is 3.02. The van der Waals surface area contributed by atoms with Crippen LogP contribution in [0.3, 0.4) is 0 Å². The Morgan fingerprint density at radius 2 is 1.83 bits per heavy atom. The van der Waals surface area contributed by atoms with Crippen molar-refractivity contribution in [1.82, 2.24) is 0 Å². The molecule has 0 saturated carbocycles. The molecule has 1 atom stereocenters. The average Bonchev–Trinajstić information content (AvgIpc) is 2.54. The molecule has 0 aliphatic heterocycles. The molecule has 2 rings (SSSR count). The lowest BCUT2D eigenvalue weighted by Gasteiger charge is -2.15. The van der Waals surface area contributed by atoms with E-state index in [1.54, 1.807) is 37.3 Å². The molecule has 2 aromatic carbocycles. The number of carbonyl (C=O) groups excluding carboxylic acids is 2. The lowest BCUT2D eigenvalue weighted by atomic mass is 10.2. The maximum Gasteiger partial charge on any atom is 0.337 e. The van der Waals surface area contributed by atoms with Crippen LogP contribution in [0.1, 0.15) is 17.3 Å². The molecule has 6 heteroatoms. The van der Waals surface area contributed by atoms with Gasteiger partial charge in [0.05, 0.1) is 12.7 Å². The molecule has 5 nitrogen and oxygen atoms in total. The van der Waals surface area contributed by atoms with Crippen LogP contribution in [-0.2, 0) is 9.53 Å². The van der Waals surface area contributed by atoms with Gasteiger partial charge in [-0.05, 0) is 49.4 Å². The van der Waals surface area contributed by atoms with Gasteiger partial charge in [0, 0.05) is 5.69 Å². The lowest BCUT2D eigenvalue weighted by Crippen LogP contribution is -2.30. The zero-order valence-electron chi connectivity index (χ0n) is 12.7. The quantitative estimate of drug-likeness (QED) is 0.861. The summed E-state index contributed by atoms with van der Waals surface area (Å²) in [6.07, 6.45) is -0.790. The Morgan fingerprint density at radius 1 is 1.13 bits per heavy atom. The number of ether oxygens (including phenoxy) is 2. The molecule has 0 aliphatic carbocycles. The van der Waals surface area contributed by atoms with Crippen molar-refractivity contribution in [3.05, 3.63) is 59.9 Å². The maximum atomic E-state index is 13.1. The minimum absolute atomic E-state index is 0.353. The first-order valence-electron chi connectivity index (χ1n) is 6.91. The van der Waals surface area contributed by atoms with Crippen LogP contribution < -0.4 is 10.1 Å². The zero-order chi connectivity index (χ0) is 16.8. The van der Waals surface area contributed by atoms with Crippen molar-refractivity contribution in [1.29, 1.82) is 0 Å². The molecule has 0 fully saturated rings. The molecule has 0 aromatic heterocycles. The minimum atomic E-state index is -0.790. The van der Waals surface area contributed by atoms with Gasteiger partial charge in [0.25, 0.3) is 5.91 Å². The van der Waals surface area contributed by atoms with E-state index in [-0.39, 0.29) is 0 Å². The second-order valence-corrected chi connectivity index (χ2v) is 4.78. The van der Waals surface area contributed by atoms with Gasteiger partial charge in [-0.15, -0.1) is 0 Å². The number of methoxy groups -OCH3 is 1. The van der Waals surface area contributed by atoms with E-state index in [0.29, 0.717) is 17.0 Å². The molecule has 0 saturated heterocycles. The summed E-state index contributed by atoms with van der Waals surface area (Å²) in [5, 5.41) is 2.56. The fraction of sp³-hybridized carbons (Fsp3) is 0.176. The van der Waals surface area contributed by atoms with E-state index in [1.165, 1.54) is 25.3 Å².